The van der Waals surface area contributed by atoms with Crippen LogP contribution < -0.4 is 4.74 Å². The normalized spacial score (nSPS) is 18.9. The van der Waals surface area contributed by atoms with Gasteiger partial charge in [0.2, 0.25) is 0 Å². The Morgan fingerprint density at radius 2 is 1.92 bits per heavy atom. The second-order valence-corrected chi connectivity index (χ2v) is 6.98. The number of benzene rings is 2. The van der Waals surface area contributed by atoms with Crippen LogP contribution in [-0.2, 0) is 4.79 Å². The highest BCUT2D eigenvalue weighted by atomic mass is 79.9. The lowest BCUT2D eigenvalue weighted by molar-refractivity contribution is -0.142. The molecule has 1 saturated heterocycles. The smallest absolute Gasteiger partial charge is 0.320 e. The van der Waals surface area contributed by atoms with E-state index in [9.17, 15) is 9.90 Å². The predicted octanol–water partition coefficient (Wildman–Crippen LogP) is 4.49. The second kappa shape index (κ2) is 8.02. The molecule has 3 rings (SSSR count). The number of carboxylic acid groups (broad SMARTS) is 1. The molecule has 1 fully saturated rings. The lowest BCUT2D eigenvalue weighted by Gasteiger charge is -2.33. The average Bonchev–Trinajstić information content (AvgIpc) is 3.08. The van der Waals surface area contributed by atoms with Gasteiger partial charge in [-0.25, -0.2) is 0 Å². The fourth-order valence-corrected chi connectivity index (χ4v) is 4.08. The number of para-hydroxylation sites is 1. The van der Waals surface area contributed by atoms with E-state index in [1.807, 2.05) is 49.4 Å². The summed E-state index contributed by atoms with van der Waals surface area (Å²) >= 11 is 3.65. The third-order valence-corrected chi connectivity index (χ3v) is 5.35. The zero-order valence-electron chi connectivity index (χ0n) is 14.2. The van der Waals surface area contributed by atoms with E-state index in [1.54, 1.807) is 0 Å². The molecule has 1 aliphatic heterocycles. The standard InChI is InChI=1S/C20H22BrNO3/c1-2-25-18-12-6-4-9-15(18)19(14-8-3-5-10-16(14)21)22-13-7-11-17(22)20(23)24/h3-6,8-10,12,17,19H,2,7,11,13H2,1H3,(H,23,24)/t17-,19?/m0/s1. The van der Waals surface area contributed by atoms with E-state index >= 15 is 0 Å². The highest BCUT2D eigenvalue weighted by molar-refractivity contribution is 9.10. The van der Waals surface area contributed by atoms with Gasteiger partial charge in [-0.15, -0.1) is 0 Å². The van der Waals surface area contributed by atoms with Crippen molar-refractivity contribution in [3.05, 3.63) is 64.1 Å². The zero-order chi connectivity index (χ0) is 17.8. The number of hydrogen-bond donors (Lipinski definition) is 1. The van der Waals surface area contributed by atoms with Crippen LogP contribution >= 0.6 is 15.9 Å². The number of aliphatic carboxylic acids is 1. The van der Waals surface area contributed by atoms with Gasteiger partial charge in [-0.05, 0) is 37.5 Å². The molecule has 2 aromatic rings. The number of carboxylic acids is 1. The zero-order valence-corrected chi connectivity index (χ0v) is 15.8. The van der Waals surface area contributed by atoms with Crippen LogP contribution in [0, 0.1) is 0 Å². The molecule has 1 unspecified atom stereocenters. The van der Waals surface area contributed by atoms with Gasteiger partial charge in [-0.3, -0.25) is 9.69 Å². The van der Waals surface area contributed by atoms with E-state index in [0.717, 1.165) is 34.3 Å². The van der Waals surface area contributed by atoms with Crippen molar-refractivity contribution in [2.24, 2.45) is 0 Å². The van der Waals surface area contributed by atoms with Crippen molar-refractivity contribution in [3.63, 3.8) is 0 Å². The summed E-state index contributed by atoms with van der Waals surface area (Å²) in [5, 5.41) is 9.68. The topological polar surface area (TPSA) is 49.8 Å². The molecule has 1 heterocycles. The highest BCUT2D eigenvalue weighted by Gasteiger charge is 2.38. The molecule has 5 heteroatoms. The van der Waals surface area contributed by atoms with Gasteiger partial charge in [-0.1, -0.05) is 52.3 Å². The monoisotopic (exact) mass is 403 g/mol. The van der Waals surface area contributed by atoms with Crippen LogP contribution in [0.25, 0.3) is 0 Å². The van der Waals surface area contributed by atoms with Crippen molar-refractivity contribution in [2.45, 2.75) is 31.8 Å². The summed E-state index contributed by atoms with van der Waals surface area (Å²) in [6.07, 6.45) is 1.56. The molecule has 0 amide bonds. The molecule has 0 aromatic heterocycles. The number of rotatable bonds is 6. The van der Waals surface area contributed by atoms with Gasteiger partial charge in [0.15, 0.2) is 0 Å². The Hall–Kier alpha value is -1.85. The molecule has 0 radical (unpaired) electrons. The summed E-state index contributed by atoms with van der Waals surface area (Å²) in [7, 11) is 0. The molecule has 0 spiro atoms. The Kier molecular flexibility index (Phi) is 5.76. The fourth-order valence-electron chi connectivity index (χ4n) is 3.58. The molecule has 1 N–H and O–H groups in total. The predicted molar refractivity (Wildman–Crippen MR) is 101 cm³/mol. The number of likely N-dealkylation sites (tertiary alicyclic amines) is 1. The first-order valence-electron chi connectivity index (χ1n) is 8.58. The summed E-state index contributed by atoms with van der Waals surface area (Å²) in [5.41, 5.74) is 2.06. The third kappa shape index (κ3) is 3.72. The SMILES string of the molecule is CCOc1ccccc1C(c1ccccc1Br)N1CCC[C@H]1C(=O)O. The summed E-state index contributed by atoms with van der Waals surface area (Å²) in [4.78, 5) is 13.9. The van der Waals surface area contributed by atoms with Crippen molar-refractivity contribution in [1.29, 1.82) is 0 Å². The Morgan fingerprint density at radius 1 is 1.24 bits per heavy atom. The first-order valence-corrected chi connectivity index (χ1v) is 9.37. The van der Waals surface area contributed by atoms with Gasteiger partial charge in [-0.2, -0.15) is 0 Å². The Labute approximate surface area is 156 Å². The Balaban J connectivity index is 2.13. The van der Waals surface area contributed by atoms with Gasteiger partial charge >= 0.3 is 5.97 Å². The number of carbonyl (C=O) groups is 1. The summed E-state index contributed by atoms with van der Waals surface area (Å²) in [6, 6.07) is 15.3. The fraction of sp³-hybridized carbons (Fsp3) is 0.350. The quantitative estimate of drug-likeness (QED) is 0.771. The first kappa shape index (κ1) is 18.0. The van der Waals surface area contributed by atoms with Gasteiger partial charge in [0.05, 0.1) is 12.6 Å². The van der Waals surface area contributed by atoms with Crippen molar-refractivity contribution in [3.8, 4) is 5.75 Å². The molecule has 1 aliphatic rings. The van der Waals surface area contributed by atoms with Crippen LogP contribution in [0.5, 0.6) is 5.75 Å². The minimum atomic E-state index is -0.761. The van der Waals surface area contributed by atoms with Crippen LogP contribution in [0.2, 0.25) is 0 Å². The van der Waals surface area contributed by atoms with Crippen LogP contribution in [0.1, 0.15) is 36.9 Å². The Morgan fingerprint density at radius 3 is 2.60 bits per heavy atom. The van der Waals surface area contributed by atoms with E-state index in [4.69, 9.17) is 4.74 Å². The van der Waals surface area contributed by atoms with E-state index in [2.05, 4.69) is 26.9 Å². The van der Waals surface area contributed by atoms with Gasteiger partial charge in [0, 0.05) is 16.6 Å². The Bertz CT molecular complexity index is 749. The molecule has 2 aromatic carbocycles. The van der Waals surface area contributed by atoms with Crippen LogP contribution in [0.15, 0.2) is 53.0 Å². The summed E-state index contributed by atoms with van der Waals surface area (Å²) < 4.78 is 6.82. The largest absolute Gasteiger partial charge is 0.494 e. The van der Waals surface area contributed by atoms with Crippen molar-refractivity contribution >= 4 is 21.9 Å². The lowest BCUT2D eigenvalue weighted by Crippen LogP contribution is -2.39. The van der Waals surface area contributed by atoms with Crippen molar-refractivity contribution in [2.75, 3.05) is 13.2 Å². The number of halogens is 1. The number of hydrogen-bond acceptors (Lipinski definition) is 3. The minimum absolute atomic E-state index is 0.165. The second-order valence-electron chi connectivity index (χ2n) is 6.13. The molecule has 0 aliphatic carbocycles. The van der Waals surface area contributed by atoms with Crippen LogP contribution in [-0.4, -0.2) is 35.2 Å². The van der Waals surface area contributed by atoms with Crippen molar-refractivity contribution in [1.82, 2.24) is 4.90 Å². The van der Waals surface area contributed by atoms with Crippen molar-refractivity contribution < 1.29 is 14.6 Å². The molecular weight excluding hydrogens is 382 g/mol. The average molecular weight is 404 g/mol. The first-order chi connectivity index (χ1) is 12.1. The lowest BCUT2D eigenvalue weighted by atomic mass is 9.95. The number of nitrogens with zero attached hydrogens (tertiary/aromatic N) is 1. The highest BCUT2D eigenvalue weighted by Crippen LogP contribution is 2.41. The van der Waals surface area contributed by atoms with E-state index in [1.165, 1.54) is 0 Å². The summed E-state index contributed by atoms with van der Waals surface area (Å²) in [6.45, 7) is 3.28. The maximum atomic E-state index is 11.8. The molecule has 132 valence electrons. The van der Waals surface area contributed by atoms with E-state index in [-0.39, 0.29) is 6.04 Å². The molecule has 4 nitrogen and oxygen atoms in total. The molecule has 25 heavy (non-hydrogen) atoms. The molecule has 0 bridgehead atoms. The third-order valence-electron chi connectivity index (χ3n) is 4.62. The van der Waals surface area contributed by atoms with E-state index in [0.29, 0.717) is 13.0 Å². The summed E-state index contributed by atoms with van der Waals surface area (Å²) in [5.74, 6) is 0.0465. The van der Waals surface area contributed by atoms with E-state index < -0.39 is 12.0 Å². The van der Waals surface area contributed by atoms with Crippen LogP contribution in [0.3, 0.4) is 0 Å². The molecule has 2 atom stereocenters. The maximum absolute atomic E-state index is 11.8. The number of ether oxygens (including phenoxy) is 1. The molecular formula is C20H22BrNO3. The minimum Gasteiger partial charge on any atom is -0.494 e. The van der Waals surface area contributed by atoms with Crippen LogP contribution in [0.4, 0.5) is 0 Å². The van der Waals surface area contributed by atoms with Gasteiger partial charge in [0.25, 0.3) is 0 Å². The van der Waals surface area contributed by atoms with Gasteiger partial charge < -0.3 is 9.84 Å². The maximum Gasteiger partial charge on any atom is 0.320 e. The van der Waals surface area contributed by atoms with Gasteiger partial charge in [0.1, 0.15) is 11.8 Å². The molecule has 0 saturated carbocycles.